The van der Waals surface area contributed by atoms with E-state index < -0.39 is 0 Å². The van der Waals surface area contributed by atoms with E-state index in [1.54, 1.807) is 47.2 Å². The molecule has 1 amide bonds. The molecular formula is C21H21Cl2N3O2. The van der Waals surface area contributed by atoms with Crippen LogP contribution in [0.3, 0.4) is 0 Å². The van der Waals surface area contributed by atoms with Crippen LogP contribution in [0.5, 0.6) is 0 Å². The van der Waals surface area contributed by atoms with Gasteiger partial charge in [0.05, 0.1) is 16.5 Å². The summed E-state index contributed by atoms with van der Waals surface area (Å²) in [5, 5.41) is 5.05. The molecule has 0 spiro atoms. The molecule has 3 aromatic rings. The Hall–Kier alpha value is -2.34. The van der Waals surface area contributed by atoms with Crippen LogP contribution in [0, 0.1) is 0 Å². The summed E-state index contributed by atoms with van der Waals surface area (Å²) in [5.74, 6) is -0.192. The number of likely N-dealkylation sites (N-methyl/N-ethyl adjacent to an activating group) is 1. The lowest BCUT2D eigenvalue weighted by Crippen LogP contribution is -2.26. The molecule has 3 rings (SSSR count). The number of amides is 1. The number of carbonyl (C=O) groups excluding carboxylic acids is 1. The molecule has 0 bridgehead atoms. The number of fused-ring (bicyclic) bond motifs is 1. The third-order valence-electron chi connectivity index (χ3n) is 4.43. The van der Waals surface area contributed by atoms with Crippen molar-refractivity contribution in [1.29, 1.82) is 0 Å². The normalized spacial score (nSPS) is 11.2. The van der Waals surface area contributed by atoms with E-state index in [1.165, 1.54) is 0 Å². The van der Waals surface area contributed by atoms with Crippen molar-refractivity contribution in [2.24, 2.45) is 0 Å². The number of benzene rings is 2. The van der Waals surface area contributed by atoms with Crippen LogP contribution in [0.2, 0.25) is 10.0 Å². The molecule has 0 atom stereocenters. The van der Waals surface area contributed by atoms with E-state index in [-0.39, 0.29) is 17.9 Å². The minimum Gasteiger partial charge on any atom is -0.325 e. The number of pyridine rings is 1. The van der Waals surface area contributed by atoms with Gasteiger partial charge in [-0.15, -0.1) is 0 Å². The van der Waals surface area contributed by atoms with Gasteiger partial charge in [-0.3, -0.25) is 9.59 Å². The predicted octanol–water partition coefficient (Wildman–Crippen LogP) is 4.05. The molecular weight excluding hydrogens is 397 g/mol. The van der Waals surface area contributed by atoms with Crippen LogP contribution >= 0.6 is 23.2 Å². The summed E-state index contributed by atoms with van der Waals surface area (Å²) in [4.78, 5) is 27.2. The quantitative estimate of drug-likeness (QED) is 0.657. The minimum atomic E-state index is -0.192. The van der Waals surface area contributed by atoms with Crippen LogP contribution in [0.15, 0.2) is 53.5 Å². The molecule has 28 heavy (non-hydrogen) atoms. The zero-order valence-corrected chi connectivity index (χ0v) is 17.2. The van der Waals surface area contributed by atoms with Gasteiger partial charge in [-0.05, 0) is 50.0 Å². The Morgan fingerprint density at radius 1 is 1.07 bits per heavy atom. The number of nitrogens with one attached hydrogen (secondary N) is 1. The Balaban J connectivity index is 1.82. The van der Waals surface area contributed by atoms with Gasteiger partial charge in [-0.2, -0.15) is 0 Å². The largest absolute Gasteiger partial charge is 0.325 e. The van der Waals surface area contributed by atoms with Gasteiger partial charge in [-0.1, -0.05) is 35.3 Å². The lowest BCUT2D eigenvalue weighted by atomic mass is 10.1. The number of rotatable bonds is 6. The van der Waals surface area contributed by atoms with Crippen molar-refractivity contribution in [3.63, 3.8) is 0 Å². The molecule has 1 heterocycles. The number of nitrogens with zero attached hydrogens (tertiary/aromatic N) is 2. The van der Waals surface area contributed by atoms with Crippen LogP contribution in [-0.2, 0) is 17.8 Å². The smallest absolute Gasteiger partial charge is 0.258 e. The van der Waals surface area contributed by atoms with Crippen LogP contribution in [0.25, 0.3) is 10.8 Å². The van der Waals surface area contributed by atoms with E-state index in [2.05, 4.69) is 5.32 Å². The van der Waals surface area contributed by atoms with Crippen LogP contribution in [0.4, 0.5) is 5.69 Å². The van der Waals surface area contributed by atoms with Gasteiger partial charge < -0.3 is 14.8 Å². The highest BCUT2D eigenvalue weighted by Crippen LogP contribution is 2.24. The second-order valence-corrected chi connectivity index (χ2v) is 7.67. The molecule has 5 nitrogen and oxygen atoms in total. The summed E-state index contributed by atoms with van der Waals surface area (Å²) in [6.07, 6.45) is 1.93. The fourth-order valence-electron chi connectivity index (χ4n) is 2.94. The topological polar surface area (TPSA) is 54.3 Å². The number of anilines is 1. The molecule has 0 radical (unpaired) electrons. The number of hydrogen-bond donors (Lipinski definition) is 1. The number of carbonyl (C=O) groups is 1. The zero-order valence-electron chi connectivity index (χ0n) is 15.7. The van der Waals surface area contributed by atoms with Gasteiger partial charge in [0.1, 0.15) is 0 Å². The second kappa shape index (κ2) is 8.78. The van der Waals surface area contributed by atoms with Gasteiger partial charge in [0.15, 0.2) is 0 Å². The standard InChI is InChI=1S/C21H21Cl2N3O2/c1-25(2)10-11-26-9-8-15-16(21(26)28)4-3-5-19(15)24-20(27)13-14-6-7-17(22)18(23)12-14/h3-9,12H,10-11,13H2,1-2H3,(H,24,27). The van der Waals surface area contributed by atoms with E-state index in [1.807, 2.05) is 25.1 Å². The zero-order chi connectivity index (χ0) is 20.3. The van der Waals surface area contributed by atoms with Crippen molar-refractivity contribution in [1.82, 2.24) is 9.47 Å². The molecule has 0 aliphatic carbocycles. The average Bonchev–Trinajstić information content (AvgIpc) is 2.64. The van der Waals surface area contributed by atoms with Crippen molar-refractivity contribution in [2.75, 3.05) is 26.0 Å². The molecule has 2 aromatic carbocycles. The Morgan fingerprint density at radius 3 is 2.57 bits per heavy atom. The molecule has 0 saturated carbocycles. The van der Waals surface area contributed by atoms with E-state index in [9.17, 15) is 9.59 Å². The summed E-state index contributed by atoms with van der Waals surface area (Å²) >= 11 is 11.9. The van der Waals surface area contributed by atoms with Crippen LogP contribution in [0.1, 0.15) is 5.56 Å². The molecule has 0 aliphatic heterocycles. The Morgan fingerprint density at radius 2 is 1.86 bits per heavy atom. The second-order valence-electron chi connectivity index (χ2n) is 6.86. The first-order valence-corrected chi connectivity index (χ1v) is 9.61. The van der Waals surface area contributed by atoms with Crippen molar-refractivity contribution in [2.45, 2.75) is 13.0 Å². The van der Waals surface area contributed by atoms with Gasteiger partial charge in [0.25, 0.3) is 5.56 Å². The summed E-state index contributed by atoms with van der Waals surface area (Å²) in [6, 6.07) is 12.3. The monoisotopic (exact) mass is 417 g/mol. The number of hydrogen-bond acceptors (Lipinski definition) is 3. The number of aromatic nitrogens is 1. The van der Waals surface area contributed by atoms with Crippen molar-refractivity contribution in [3.8, 4) is 0 Å². The summed E-state index contributed by atoms with van der Waals surface area (Å²) < 4.78 is 1.68. The van der Waals surface area contributed by atoms with Crippen LogP contribution in [-0.4, -0.2) is 36.0 Å². The molecule has 0 aliphatic rings. The van der Waals surface area contributed by atoms with Gasteiger partial charge in [-0.25, -0.2) is 0 Å². The molecule has 0 saturated heterocycles. The first kappa shape index (κ1) is 20.4. The first-order valence-electron chi connectivity index (χ1n) is 8.86. The van der Waals surface area contributed by atoms with Gasteiger partial charge >= 0.3 is 0 Å². The Labute approximate surface area is 173 Å². The fraction of sp³-hybridized carbons (Fsp3) is 0.238. The summed E-state index contributed by atoms with van der Waals surface area (Å²) in [6.45, 7) is 1.38. The SMILES string of the molecule is CN(C)CCn1ccc2c(NC(=O)Cc3ccc(Cl)c(Cl)c3)cccc2c1=O. The highest BCUT2D eigenvalue weighted by atomic mass is 35.5. The van der Waals surface area contributed by atoms with Crippen molar-refractivity contribution in [3.05, 3.63) is 74.6 Å². The summed E-state index contributed by atoms with van der Waals surface area (Å²) in [5.41, 5.74) is 1.30. The lowest BCUT2D eigenvalue weighted by molar-refractivity contribution is -0.115. The maximum Gasteiger partial charge on any atom is 0.258 e. The third kappa shape index (κ3) is 4.73. The molecule has 146 valence electrons. The van der Waals surface area contributed by atoms with E-state index in [4.69, 9.17) is 23.2 Å². The van der Waals surface area contributed by atoms with Crippen molar-refractivity contribution < 1.29 is 4.79 Å². The van der Waals surface area contributed by atoms with Crippen molar-refractivity contribution >= 4 is 45.6 Å². The maximum absolute atomic E-state index is 12.7. The van der Waals surface area contributed by atoms with Crippen LogP contribution < -0.4 is 10.9 Å². The molecule has 7 heteroatoms. The molecule has 1 aromatic heterocycles. The Bertz CT molecular complexity index is 1080. The Kier molecular flexibility index (Phi) is 6.39. The predicted molar refractivity (Wildman–Crippen MR) is 116 cm³/mol. The van der Waals surface area contributed by atoms with E-state index in [0.717, 1.165) is 17.5 Å². The first-order chi connectivity index (χ1) is 13.3. The molecule has 0 unspecified atom stereocenters. The third-order valence-corrected chi connectivity index (χ3v) is 5.17. The maximum atomic E-state index is 12.7. The van der Waals surface area contributed by atoms with Gasteiger partial charge in [0.2, 0.25) is 5.91 Å². The minimum absolute atomic E-state index is 0.0695. The van der Waals surface area contributed by atoms with E-state index >= 15 is 0 Å². The highest BCUT2D eigenvalue weighted by molar-refractivity contribution is 6.42. The lowest BCUT2D eigenvalue weighted by Gasteiger charge is -2.13. The van der Waals surface area contributed by atoms with Gasteiger partial charge in [0, 0.05) is 35.7 Å². The molecule has 0 fully saturated rings. The molecule has 1 N–H and O–H groups in total. The summed E-state index contributed by atoms with van der Waals surface area (Å²) in [7, 11) is 3.93. The average molecular weight is 418 g/mol. The highest BCUT2D eigenvalue weighted by Gasteiger charge is 2.11. The number of halogens is 2. The fourth-order valence-corrected chi connectivity index (χ4v) is 3.26. The van der Waals surface area contributed by atoms with E-state index in [0.29, 0.717) is 27.7 Å².